The summed E-state index contributed by atoms with van der Waals surface area (Å²) in [6, 6.07) is 0. The zero-order chi connectivity index (χ0) is 10.4. The Balaban J connectivity index is 2.41. The van der Waals surface area contributed by atoms with E-state index in [0.29, 0.717) is 5.92 Å². The van der Waals surface area contributed by atoms with E-state index in [1.54, 1.807) is 0 Å². The molecule has 0 aromatic heterocycles. The van der Waals surface area contributed by atoms with Gasteiger partial charge in [0.15, 0.2) is 0 Å². The molecule has 1 atom stereocenters. The van der Waals surface area contributed by atoms with E-state index in [1.807, 2.05) is 14.0 Å². The van der Waals surface area contributed by atoms with Crippen molar-refractivity contribution in [2.24, 2.45) is 5.92 Å². The molecule has 1 rings (SSSR count). The minimum absolute atomic E-state index is 0.451. The Morgan fingerprint density at radius 3 is 2.29 bits per heavy atom. The lowest BCUT2D eigenvalue weighted by Crippen LogP contribution is -2.37. The molecule has 0 bridgehead atoms. The van der Waals surface area contributed by atoms with E-state index in [2.05, 4.69) is 5.32 Å². The molecule has 84 valence electrons. The first kappa shape index (κ1) is 12.0. The molecule has 0 aromatic carbocycles. The van der Waals surface area contributed by atoms with Crippen LogP contribution in [0.15, 0.2) is 0 Å². The van der Waals surface area contributed by atoms with E-state index in [-0.39, 0.29) is 0 Å². The Hall–Kier alpha value is -0.0800. The molecule has 14 heavy (non-hydrogen) atoms. The van der Waals surface area contributed by atoms with Crippen molar-refractivity contribution in [1.29, 1.82) is 0 Å². The summed E-state index contributed by atoms with van der Waals surface area (Å²) in [5.74, 6) is 0.526. The average Bonchev–Trinajstić information content (AvgIpc) is 2.43. The molecular weight excluding hydrogens is 174 g/mol. The smallest absolute Gasteiger partial charge is 0.0659 e. The fourth-order valence-electron chi connectivity index (χ4n) is 2.48. The molecule has 1 unspecified atom stereocenters. The standard InChI is InChI=1S/C12H25NO/c1-12(14,9-10-13-2)11-7-5-3-4-6-8-11/h11,13-14H,3-10H2,1-2H3. The van der Waals surface area contributed by atoms with Crippen LogP contribution in [-0.2, 0) is 0 Å². The van der Waals surface area contributed by atoms with Gasteiger partial charge < -0.3 is 10.4 Å². The molecule has 0 saturated heterocycles. The first-order chi connectivity index (χ1) is 6.67. The third kappa shape index (κ3) is 3.58. The highest BCUT2D eigenvalue weighted by atomic mass is 16.3. The fraction of sp³-hybridized carbons (Fsp3) is 1.00. The van der Waals surface area contributed by atoms with E-state index in [4.69, 9.17) is 0 Å². The lowest BCUT2D eigenvalue weighted by Gasteiger charge is -2.32. The maximum atomic E-state index is 10.4. The lowest BCUT2D eigenvalue weighted by atomic mass is 9.81. The number of aliphatic hydroxyl groups is 1. The summed E-state index contributed by atoms with van der Waals surface area (Å²) < 4.78 is 0. The van der Waals surface area contributed by atoms with Crippen LogP contribution in [0.2, 0.25) is 0 Å². The van der Waals surface area contributed by atoms with Crippen molar-refractivity contribution >= 4 is 0 Å². The van der Waals surface area contributed by atoms with Gasteiger partial charge in [0.05, 0.1) is 5.60 Å². The topological polar surface area (TPSA) is 32.3 Å². The summed E-state index contributed by atoms with van der Waals surface area (Å²) in [6.07, 6.45) is 8.65. The van der Waals surface area contributed by atoms with Crippen molar-refractivity contribution in [3.05, 3.63) is 0 Å². The third-order valence-electron chi connectivity index (χ3n) is 3.62. The Morgan fingerprint density at radius 1 is 1.21 bits per heavy atom. The van der Waals surface area contributed by atoms with Gasteiger partial charge in [-0.15, -0.1) is 0 Å². The van der Waals surface area contributed by atoms with E-state index in [9.17, 15) is 5.11 Å². The van der Waals surface area contributed by atoms with Gasteiger partial charge in [0.1, 0.15) is 0 Å². The first-order valence-corrected chi connectivity index (χ1v) is 6.04. The molecule has 1 fully saturated rings. The van der Waals surface area contributed by atoms with Crippen LogP contribution in [0.25, 0.3) is 0 Å². The SMILES string of the molecule is CNCCC(C)(O)C1CCCCCC1. The summed E-state index contributed by atoms with van der Waals surface area (Å²) in [6.45, 7) is 2.93. The Morgan fingerprint density at radius 2 is 1.79 bits per heavy atom. The summed E-state index contributed by atoms with van der Waals surface area (Å²) in [4.78, 5) is 0. The Kier molecular flexibility index (Phi) is 4.90. The quantitative estimate of drug-likeness (QED) is 0.681. The molecule has 1 aliphatic carbocycles. The molecule has 0 heterocycles. The average molecular weight is 199 g/mol. The number of hydrogen-bond donors (Lipinski definition) is 2. The Labute approximate surface area is 88.1 Å². The van der Waals surface area contributed by atoms with Crippen LogP contribution in [0.3, 0.4) is 0 Å². The molecule has 0 spiro atoms. The van der Waals surface area contributed by atoms with Gasteiger partial charge in [-0.1, -0.05) is 25.7 Å². The van der Waals surface area contributed by atoms with Gasteiger partial charge in [0, 0.05) is 0 Å². The third-order valence-corrected chi connectivity index (χ3v) is 3.62. The van der Waals surface area contributed by atoms with Crippen molar-refractivity contribution in [1.82, 2.24) is 5.32 Å². The van der Waals surface area contributed by atoms with E-state index < -0.39 is 5.60 Å². The van der Waals surface area contributed by atoms with E-state index in [0.717, 1.165) is 13.0 Å². The van der Waals surface area contributed by atoms with Crippen molar-refractivity contribution in [2.75, 3.05) is 13.6 Å². The van der Waals surface area contributed by atoms with Crippen LogP contribution in [-0.4, -0.2) is 24.3 Å². The van der Waals surface area contributed by atoms with E-state index in [1.165, 1.54) is 38.5 Å². The maximum Gasteiger partial charge on any atom is 0.0659 e. The second-order valence-electron chi connectivity index (χ2n) is 4.90. The molecule has 1 saturated carbocycles. The highest BCUT2D eigenvalue weighted by Gasteiger charge is 2.31. The molecule has 2 N–H and O–H groups in total. The zero-order valence-electron chi connectivity index (χ0n) is 9.68. The van der Waals surface area contributed by atoms with Crippen LogP contribution < -0.4 is 5.32 Å². The molecule has 0 amide bonds. The van der Waals surface area contributed by atoms with Gasteiger partial charge in [-0.25, -0.2) is 0 Å². The van der Waals surface area contributed by atoms with Crippen molar-refractivity contribution in [2.45, 2.75) is 57.5 Å². The molecule has 0 aliphatic heterocycles. The van der Waals surface area contributed by atoms with Crippen molar-refractivity contribution in [3.8, 4) is 0 Å². The van der Waals surface area contributed by atoms with Crippen LogP contribution >= 0.6 is 0 Å². The van der Waals surface area contributed by atoms with Crippen LogP contribution in [0, 0.1) is 5.92 Å². The van der Waals surface area contributed by atoms with Gasteiger partial charge in [-0.3, -0.25) is 0 Å². The lowest BCUT2D eigenvalue weighted by molar-refractivity contribution is -0.0142. The normalized spacial score (nSPS) is 24.2. The molecule has 2 nitrogen and oxygen atoms in total. The minimum atomic E-state index is -0.451. The van der Waals surface area contributed by atoms with Crippen LogP contribution in [0.5, 0.6) is 0 Å². The van der Waals surface area contributed by atoms with Gasteiger partial charge in [0.2, 0.25) is 0 Å². The molecule has 0 aromatic rings. The molecule has 0 radical (unpaired) electrons. The van der Waals surface area contributed by atoms with Gasteiger partial charge >= 0.3 is 0 Å². The fourth-order valence-corrected chi connectivity index (χ4v) is 2.48. The number of nitrogens with one attached hydrogen (secondary N) is 1. The second kappa shape index (κ2) is 5.72. The summed E-state index contributed by atoms with van der Waals surface area (Å²) >= 11 is 0. The van der Waals surface area contributed by atoms with Gasteiger partial charge in [-0.2, -0.15) is 0 Å². The van der Waals surface area contributed by atoms with Gasteiger partial charge in [-0.05, 0) is 45.7 Å². The number of hydrogen-bond acceptors (Lipinski definition) is 2. The second-order valence-corrected chi connectivity index (χ2v) is 4.90. The molecular formula is C12H25NO. The summed E-state index contributed by atoms with van der Waals surface area (Å²) in [7, 11) is 1.95. The maximum absolute atomic E-state index is 10.4. The molecule has 2 heteroatoms. The minimum Gasteiger partial charge on any atom is -0.390 e. The number of rotatable bonds is 4. The highest BCUT2D eigenvalue weighted by Crippen LogP contribution is 2.33. The van der Waals surface area contributed by atoms with Crippen molar-refractivity contribution in [3.63, 3.8) is 0 Å². The van der Waals surface area contributed by atoms with Crippen LogP contribution in [0.4, 0.5) is 0 Å². The van der Waals surface area contributed by atoms with E-state index >= 15 is 0 Å². The Bertz CT molecular complexity index is 148. The predicted molar refractivity (Wildman–Crippen MR) is 60.4 cm³/mol. The largest absolute Gasteiger partial charge is 0.390 e. The molecule has 1 aliphatic rings. The van der Waals surface area contributed by atoms with Gasteiger partial charge in [0.25, 0.3) is 0 Å². The zero-order valence-corrected chi connectivity index (χ0v) is 9.68. The summed E-state index contributed by atoms with van der Waals surface area (Å²) in [5, 5.41) is 13.5. The highest BCUT2D eigenvalue weighted by molar-refractivity contribution is 4.83. The summed E-state index contributed by atoms with van der Waals surface area (Å²) in [5.41, 5.74) is -0.451. The van der Waals surface area contributed by atoms with Crippen LogP contribution in [0.1, 0.15) is 51.9 Å². The monoisotopic (exact) mass is 199 g/mol. The van der Waals surface area contributed by atoms with Crippen molar-refractivity contribution < 1.29 is 5.11 Å². The first-order valence-electron chi connectivity index (χ1n) is 6.04. The predicted octanol–water partition coefficient (Wildman–Crippen LogP) is 2.32.